The molecule has 10 heavy (non-hydrogen) atoms. The van der Waals surface area contributed by atoms with Crippen molar-refractivity contribution in [3.8, 4) is 0 Å². The van der Waals surface area contributed by atoms with E-state index >= 15 is 0 Å². The van der Waals surface area contributed by atoms with E-state index in [0.29, 0.717) is 12.2 Å². The molecule has 1 N–H and O–H groups in total. The summed E-state index contributed by atoms with van der Waals surface area (Å²) in [6, 6.07) is 0. The van der Waals surface area contributed by atoms with Gasteiger partial charge in [-0.05, 0) is 18.6 Å². The minimum absolute atomic E-state index is 0.178. The van der Waals surface area contributed by atoms with E-state index in [1.165, 1.54) is 0 Å². The Bertz CT molecular complexity index is 97.8. The fraction of sp³-hybridized carbons (Fsp3) is 0.857. The average molecular weight is 162 g/mol. The monoisotopic (exact) mass is 162 g/mol. The van der Waals surface area contributed by atoms with Crippen LogP contribution in [0.1, 0.15) is 26.2 Å². The van der Waals surface area contributed by atoms with Crippen molar-refractivity contribution in [2.45, 2.75) is 26.2 Å². The van der Waals surface area contributed by atoms with E-state index in [-0.39, 0.29) is 5.92 Å². The van der Waals surface area contributed by atoms with E-state index < -0.39 is 5.97 Å². The molecule has 0 heterocycles. The van der Waals surface area contributed by atoms with Crippen LogP contribution in [0.2, 0.25) is 0 Å². The number of aliphatic carboxylic acids is 1. The van der Waals surface area contributed by atoms with Gasteiger partial charge in [0, 0.05) is 0 Å². The standard InChI is InChI=1S/C7H14O2S/c1-2-3-6(4-5-10)7(8)9/h6,10H,2-5H2,1H3,(H,8,9). The Labute approximate surface area is 67.0 Å². The molecule has 0 aromatic carbocycles. The SMILES string of the molecule is CCCC(CCS)C(=O)O. The van der Waals surface area contributed by atoms with Gasteiger partial charge in [0.25, 0.3) is 0 Å². The predicted octanol–water partition coefficient (Wildman–Crippen LogP) is 1.81. The van der Waals surface area contributed by atoms with Crippen LogP contribution in [0.25, 0.3) is 0 Å². The zero-order valence-electron chi connectivity index (χ0n) is 6.21. The predicted molar refractivity (Wildman–Crippen MR) is 44.5 cm³/mol. The van der Waals surface area contributed by atoms with Gasteiger partial charge in [-0.15, -0.1) is 0 Å². The van der Waals surface area contributed by atoms with Gasteiger partial charge < -0.3 is 5.11 Å². The summed E-state index contributed by atoms with van der Waals surface area (Å²) in [6.07, 6.45) is 2.40. The van der Waals surface area contributed by atoms with Crippen molar-refractivity contribution in [2.24, 2.45) is 5.92 Å². The molecule has 1 unspecified atom stereocenters. The molecule has 3 heteroatoms. The molecule has 0 fully saturated rings. The lowest BCUT2D eigenvalue weighted by atomic mass is 10.0. The molecule has 0 rings (SSSR count). The molecule has 0 aliphatic carbocycles. The lowest BCUT2D eigenvalue weighted by molar-refractivity contribution is -0.142. The molecular weight excluding hydrogens is 148 g/mol. The highest BCUT2D eigenvalue weighted by Gasteiger charge is 2.14. The third-order valence-corrected chi connectivity index (χ3v) is 1.72. The van der Waals surface area contributed by atoms with Crippen molar-refractivity contribution < 1.29 is 9.90 Å². The van der Waals surface area contributed by atoms with Gasteiger partial charge in [0.1, 0.15) is 0 Å². The number of carbonyl (C=O) groups is 1. The summed E-state index contributed by atoms with van der Waals surface area (Å²) < 4.78 is 0. The molecule has 2 nitrogen and oxygen atoms in total. The molecule has 0 aromatic rings. The highest BCUT2D eigenvalue weighted by atomic mass is 32.1. The van der Waals surface area contributed by atoms with Crippen LogP contribution < -0.4 is 0 Å². The van der Waals surface area contributed by atoms with Gasteiger partial charge in [-0.1, -0.05) is 13.3 Å². The summed E-state index contributed by atoms with van der Waals surface area (Å²) >= 11 is 3.98. The maximum absolute atomic E-state index is 10.4. The van der Waals surface area contributed by atoms with Crippen LogP contribution in [0.4, 0.5) is 0 Å². The first-order chi connectivity index (χ1) is 4.72. The summed E-state index contributed by atoms with van der Waals surface area (Å²) in [6.45, 7) is 1.99. The van der Waals surface area contributed by atoms with Crippen molar-refractivity contribution in [3.05, 3.63) is 0 Å². The van der Waals surface area contributed by atoms with Gasteiger partial charge in [0.05, 0.1) is 5.92 Å². The molecule has 0 saturated heterocycles. The summed E-state index contributed by atoms with van der Waals surface area (Å²) in [5, 5.41) is 8.60. The van der Waals surface area contributed by atoms with E-state index in [1.807, 2.05) is 6.92 Å². The molecule has 60 valence electrons. The summed E-state index contributed by atoms with van der Waals surface area (Å²) in [5.41, 5.74) is 0. The van der Waals surface area contributed by atoms with E-state index in [2.05, 4.69) is 12.6 Å². The topological polar surface area (TPSA) is 37.3 Å². The summed E-state index contributed by atoms with van der Waals surface area (Å²) in [7, 11) is 0. The normalized spacial score (nSPS) is 13.0. The van der Waals surface area contributed by atoms with E-state index in [1.54, 1.807) is 0 Å². The second-order valence-electron chi connectivity index (χ2n) is 2.34. The molecule has 0 radical (unpaired) electrons. The van der Waals surface area contributed by atoms with E-state index in [9.17, 15) is 4.79 Å². The van der Waals surface area contributed by atoms with Gasteiger partial charge >= 0.3 is 5.97 Å². The van der Waals surface area contributed by atoms with Crippen LogP contribution >= 0.6 is 12.6 Å². The highest BCUT2D eigenvalue weighted by molar-refractivity contribution is 7.80. The quantitative estimate of drug-likeness (QED) is 0.605. The third-order valence-electron chi connectivity index (χ3n) is 1.46. The largest absolute Gasteiger partial charge is 0.481 e. The lowest BCUT2D eigenvalue weighted by Crippen LogP contribution is -2.13. The fourth-order valence-electron chi connectivity index (χ4n) is 0.896. The van der Waals surface area contributed by atoms with Crippen LogP contribution in [0.5, 0.6) is 0 Å². The molecule has 0 aromatic heterocycles. The second kappa shape index (κ2) is 5.59. The zero-order valence-corrected chi connectivity index (χ0v) is 7.10. The molecule has 0 bridgehead atoms. The Morgan fingerprint density at radius 1 is 1.60 bits per heavy atom. The van der Waals surface area contributed by atoms with Crippen molar-refractivity contribution >= 4 is 18.6 Å². The fourth-order valence-corrected chi connectivity index (χ4v) is 1.21. The van der Waals surface area contributed by atoms with Crippen LogP contribution in [-0.2, 0) is 4.79 Å². The smallest absolute Gasteiger partial charge is 0.306 e. The van der Waals surface area contributed by atoms with Gasteiger partial charge in [-0.3, -0.25) is 4.79 Å². The Morgan fingerprint density at radius 3 is 2.50 bits per heavy atom. The zero-order chi connectivity index (χ0) is 7.98. The van der Waals surface area contributed by atoms with Crippen LogP contribution in [0, 0.1) is 5.92 Å². The second-order valence-corrected chi connectivity index (χ2v) is 2.78. The lowest BCUT2D eigenvalue weighted by Gasteiger charge is -2.07. The minimum atomic E-state index is -0.684. The van der Waals surface area contributed by atoms with Crippen molar-refractivity contribution in [1.82, 2.24) is 0 Å². The molecule has 0 saturated carbocycles. The Morgan fingerprint density at radius 2 is 2.20 bits per heavy atom. The first-order valence-corrected chi connectivity index (χ1v) is 4.19. The van der Waals surface area contributed by atoms with Gasteiger partial charge in [-0.2, -0.15) is 12.6 Å². The number of carboxylic acids is 1. The summed E-state index contributed by atoms with van der Waals surface area (Å²) in [5.74, 6) is -0.199. The number of thiol groups is 1. The molecular formula is C7H14O2S. The maximum atomic E-state index is 10.4. The Kier molecular flexibility index (Phi) is 5.49. The van der Waals surface area contributed by atoms with Crippen molar-refractivity contribution in [2.75, 3.05) is 5.75 Å². The number of rotatable bonds is 5. The number of carboxylic acid groups (broad SMARTS) is 1. The Balaban J connectivity index is 3.61. The van der Waals surface area contributed by atoms with E-state index in [4.69, 9.17) is 5.11 Å². The Hall–Kier alpha value is -0.180. The van der Waals surface area contributed by atoms with Crippen LogP contribution in [0.3, 0.4) is 0 Å². The highest BCUT2D eigenvalue weighted by Crippen LogP contribution is 2.11. The van der Waals surface area contributed by atoms with Gasteiger partial charge in [0.2, 0.25) is 0 Å². The summed E-state index contributed by atoms with van der Waals surface area (Å²) in [4.78, 5) is 10.4. The van der Waals surface area contributed by atoms with Crippen molar-refractivity contribution in [3.63, 3.8) is 0 Å². The molecule has 0 aliphatic rings. The maximum Gasteiger partial charge on any atom is 0.306 e. The van der Waals surface area contributed by atoms with Gasteiger partial charge in [-0.25, -0.2) is 0 Å². The number of hydrogen-bond donors (Lipinski definition) is 2. The first-order valence-electron chi connectivity index (χ1n) is 3.56. The van der Waals surface area contributed by atoms with Gasteiger partial charge in [0.15, 0.2) is 0 Å². The third kappa shape index (κ3) is 3.77. The number of hydrogen-bond acceptors (Lipinski definition) is 2. The molecule has 0 amide bonds. The first kappa shape index (κ1) is 9.82. The molecule has 0 spiro atoms. The van der Waals surface area contributed by atoms with Crippen LogP contribution in [0.15, 0.2) is 0 Å². The average Bonchev–Trinajstić information content (AvgIpc) is 1.87. The van der Waals surface area contributed by atoms with Crippen molar-refractivity contribution in [1.29, 1.82) is 0 Å². The molecule has 1 atom stereocenters. The van der Waals surface area contributed by atoms with E-state index in [0.717, 1.165) is 12.8 Å². The molecule has 0 aliphatic heterocycles. The minimum Gasteiger partial charge on any atom is -0.481 e. The van der Waals surface area contributed by atoms with Crippen LogP contribution in [-0.4, -0.2) is 16.8 Å².